The second-order valence-electron chi connectivity index (χ2n) is 6.27. The van der Waals surface area contributed by atoms with Crippen LogP contribution in [-0.4, -0.2) is 6.54 Å². The van der Waals surface area contributed by atoms with E-state index in [1.165, 1.54) is 46.5 Å². The predicted octanol–water partition coefficient (Wildman–Crippen LogP) is 5.29. The number of nitrogens with zero attached hydrogens (tertiary/aromatic N) is 1. The van der Waals surface area contributed by atoms with Crippen molar-refractivity contribution < 1.29 is 0 Å². The van der Waals surface area contributed by atoms with E-state index in [-0.39, 0.29) is 0 Å². The van der Waals surface area contributed by atoms with Crippen molar-refractivity contribution in [3.63, 3.8) is 0 Å². The first-order valence-corrected chi connectivity index (χ1v) is 7.92. The van der Waals surface area contributed by atoms with Gasteiger partial charge in [0.15, 0.2) is 0 Å². The molecule has 0 bridgehead atoms. The summed E-state index contributed by atoms with van der Waals surface area (Å²) in [4.78, 5) is 2.51. The number of rotatable bonds is 1. The van der Waals surface area contributed by atoms with Crippen LogP contribution in [0.1, 0.15) is 42.9 Å². The van der Waals surface area contributed by atoms with Gasteiger partial charge in [-0.05, 0) is 43.0 Å². The summed E-state index contributed by atoms with van der Waals surface area (Å²) in [5.74, 6) is 0.556. The maximum absolute atomic E-state index is 2.51. The number of benzene rings is 2. The van der Waals surface area contributed by atoms with Gasteiger partial charge in [-0.3, -0.25) is 0 Å². The summed E-state index contributed by atoms with van der Waals surface area (Å²) < 4.78 is 0. The Labute approximate surface area is 126 Å². The van der Waals surface area contributed by atoms with Gasteiger partial charge in [0.05, 0.1) is 0 Å². The molecule has 2 aromatic carbocycles. The third-order valence-corrected chi connectivity index (χ3v) is 5.04. The van der Waals surface area contributed by atoms with E-state index >= 15 is 0 Å². The summed E-state index contributed by atoms with van der Waals surface area (Å²) >= 11 is 0. The van der Waals surface area contributed by atoms with Crippen molar-refractivity contribution in [2.24, 2.45) is 0 Å². The number of hydrogen-bond donors (Lipinski definition) is 0. The zero-order valence-corrected chi connectivity index (χ0v) is 12.8. The average Bonchev–Trinajstić information content (AvgIpc) is 2.82. The van der Waals surface area contributed by atoms with Gasteiger partial charge in [0.2, 0.25) is 0 Å². The standard InChI is InChI=1S/C20H21N/c1-14-13-18-17(15(14)2)9-5-11-20(18)21-12-6-8-16-7-3-4-10-19(16)21/h3-5,7,9-11,13,15H,6,8,12H2,1-2H3. The van der Waals surface area contributed by atoms with Crippen LogP contribution in [0, 0.1) is 0 Å². The Morgan fingerprint density at radius 2 is 1.81 bits per heavy atom. The number of para-hydroxylation sites is 1. The zero-order valence-electron chi connectivity index (χ0n) is 12.8. The Hall–Kier alpha value is -2.02. The van der Waals surface area contributed by atoms with E-state index in [2.05, 4.69) is 67.3 Å². The van der Waals surface area contributed by atoms with Crippen molar-refractivity contribution in [3.05, 3.63) is 64.7 Å². The van der Waals surface area contributed by atoms with Gasteiger partial charge in [0.1, 0.15) is 0 Å². The summed E-state index contributed by atoms with van der Waals surface area (Å²) in [6, 6.07) is 15.6. The molecular weight excluding hydrogens is 254 g/mol. The molecule has 0 aromatic heterocycles. The van der Waals surface area contributed by atoms with E-state index in [1.807, 2.05) is 0 Å². The molecule has 2 aliphatic rings. The lowest BCUT2D eigenvalue weighted by atomic mass is 9.96. The Morgan fingerprint density at radius 3 is 2.71 bits per heavy atom. The molecule has 0 amide bonds. The molecule has 0 N–H and O–H groups in total. The van der Waals surface area contributed by atoms with Crippen molar-refractivity contribution in [1.29, 1.82) is 0 Å². The van der Waals surface area contributed by atoms with Gasteiger partial charge in [-0.15, -0.1) is 0 Å². The summed E-state index contributed by atoms with van der Waals surface area (Å²) in [7, 11) is 0. The van der Waals surface area contributed by atoms with E-state index in [0.29, 0.717) is 5.92 Å². The van der Waals surface area contributed by atoms with E-state index in [0.717, 1.165) is 6.54 Å². The lowest BCUT2D eigenvalue weighted by molar-refractivity contribution is 0.766. The number of hydrogen-bond acceptors (Lipinski definition) is 1. The van der Waals surface area contributed by atoms with Gasteiger partial charge in [-0.2, -0.15) is 0 Å². The van der Waals surface area contributed by atoms with E-state index in [9.17, 15) is 0 Å². The van der Waals surface area contributed by atoms with Crippen LogP contribution in [0.3, 0.4) is 0 Å². The van der Waals surface area contributed by atoms with E-state index in [1.54, 1.807) is 0 Å². The van der Waals surface area contributed by atoms with Crippen molar-refractivity contribution in [3.8, 4) is 0 Å². The number of aryl methyl sites for hydroxylation is 1. The Balaban J connectivity index is 1.87. The van der Waals surface area contributed by atoms with Crippen LogP contribution in [-0.2, 0) is 6.42 Å². The highest BCUT2D eigenvalue weighted by molar-refractivity contribution is 5.81. The predicted molar refractivity (Wildman–Crippen MR) is 90.3 cm³/mol. The Bertz CT molecular complexity index is 726. The second kappa shape index (κ2) is 4.77. The quantitative estimate of drug-likeness (QED) is 0.683. The molecule has 0 saturated carbocycles. The molecular formula is C20H21N. The minimum Gasteiger partial charge on any atom is -0.341 e. The molecule has 0 fully saturated rings. The highest BCUT2D eigenvalue weighted by Gasteiger charge is 2.25. The van der Waals surface area contributed by atoms with Gasteiger partial charge in [-0.25, -0.2) is 0 Å². The molecule has 1 nitrogen and oxygen atoms in total. The Kier molecular flexibility index (Phi) is 2.88. The number of fused-ring (bicyclic) bond motifs is 2. The molecule has 1 atom stereocenters. The minimum atomic E-state index is 0.556. The average molecular weight is 275 g/mol. The minimum absolute atomic E-state index is 0.556. The van der Waals surface area contributed by atoms with E-state index < -0.39 is 0 Å². The fourth-order valence-electron chi connectivity index (χ4n) is 3.72. The maximum atomic E-state index is 2.51. The molecule has 1 aliphatic carbocycles. The van der Waals surface area contributed by atoms with E-state index in [4.69, 9.17) is 0 Å². The third-order valence-electron chi connectivity index (χ3n) is 5.04. The lowest BCUT2D eigenvalue weighted by Gasteiger charge is -2.32. The SMILES string of the molecule is CC1=Cc2c(cccc2N2CCCc3ccccc32)C1C. The largest absolute Gasteiger partial charge is 0.341 e. The number of anilines is 2. The van der Waals surface area contributed by atoms with Crippen LogP contribution < -0.4 is 4.90 Å². The van der Waals surface area contributed by atoms with Gasteiger partial charge in [0, 0.05) is 29.4 Å². The van der Waals surface area contributed by atoms with Crippen molar-refractivity contribution in [2.75, 3.05) is 11.4 Å². The molecule has 1 heterocycles. The molecule has 0 spiro atoms. The first kappa shape index (κ1) is 12.7. The molecule has 21 heavy (non-hydrogen) atoms. The molecule has 1 unspecified atom stereocenters. The fraction of sp³-hybridized carbons (Fsp3) is 0.300. The topological polar surface area (TPSA) is 3.24 Å². The van der Waals surface area contributed by atoms with Crippen molar-refractivity contribution >= 4 is 17.5 Å². The molecule has 106 valence electrons. The molecule has 1 heteroatoms. The van der Waals surface area contributed by atoms with Crippen molar-refractivity contribution in [1.82, 2.24) is 0 Å². The molecule has 1 aliphatic heterocycles. The smallest absolute Gasteiger partial charge is 0.0487 e. The third kappa shape index (κ3) is 1.91. The first-order valence-electron chi connectivity index (χ1n) is 7.92. The fourth-order valence-corrected chi connectivity index (χ4v) is 3.72. The monoisotopic (exact) mass is 275 g/mol. The van der Waals surface area contributed by atoms with Crippen LogP contribution in [0.4, 0.5) is 11.4 Å². The Morgan fingerprint density at radius 1 is 1.00 bits per heavy atom. The normalized spacial score (nSPS) is 20.0. The summed E-state index contributed by atoms with van der Waals surface area (Å²) in [6.07, 6.45) is 4.82. The summed E-state index contributed by atoms with van der Waals surface area (Å²) in [6.45, 7) is 5.68. The summed E-state index contributed by atoms with van der Waals surface area (Å²) in [5, 5.41) is 0. The molecule has 4 rings (SSSR count). The van der Waals surface area contributed by atoms with Crippen LogP contribution in [0.2, 0.25) is 0 Å². The molecule has 0 radical (unpaired) electrons. The van der Waals surface area contributed by atoms with Gasteiger partial charge < -0.3 is 4.90 Å². The zero-order chi connectivity index (χ0) is 14.4. The van der Waals surface area contributed by atoms with Crippen LogP contribution in [0.25, 0.3) is 6.08 Å². The van der Waals surface area contributed by atoms with Crippen molar-refractivity contribution in [2.45, 2.75) is 32.6 Å². The highest BCUT2D eigenvalue weighted by Crippen LogP contribution is 2.43. The van der Waals surface area contributed by atoms with Gasteiger partial charge in [0.25, 0.3) is 0 Å². The lowest BCUT2D eigenvalue weighted by Crippen LogP contribution is -2.25. The first-order chi connectivity index (χ1) is 10.3. The van der Waals surface area contributed by atoms with Crippen LogP contribution in [0.15, 0.2) is 48.0 Å². The van der Waals surface area contributed by atoms with Gasteiger partial charge >= 0.3 is 0 Å². The van der Waals surface area contributed by atoms with Crippen LogP contribution >= 0.6 is 0 Å². The highest BCUT2D eigenvalue weighted by atomic mass is 15.1. The van der Waals surface area contributed by atoms with Gasteiger partial charge in [-0.1, -0.05) is 48.9 Å². The molecule has 0 saturated heterocycles. The molecule has 2 aromatic rings. The second-order valence-corrected chi connectivity index (χ2v) is 6.27. The van der Waals surface area contributed by atoms with Crippen LogP contribution in [0.5, 0.6) is 0 Å². The number of allylic oxidation sites excluding steroid dienone is 1. The summed E-state index contributed by atoms with van der Waals surface area (Å²) in [5.41, 5.74) is 8.63. The maximum Gasteiger partial charge on any atom is 0.0487 e.